The molecule has 0 fully saturated rings. The minimum atomic E-state index is -0.434. The highest BCUT2D eigenvalue weighted by atomic mass is 16.1. The van der Waals surface area contributed by atoms with E-state index in [1.165, 1.54) is 6.20 Å². The molecular weight excluding hydrogens is 192 g/mol. The van der Waals surface area contributed by atoms with Gasteiger partial charge in [-0.2, -0.15) is 5.10 Å². The van der Waals surface area contributed by atoms with Crippen LogP contribution >= 0.6 is 0 Å². The first kappa shape index (κ1) is 8.28. The summed E-state index contributed by atoms with van der Waals surface area (Å²) in [5.74, 6) is -0.434. The highest BCUT2D eigenvalue weighted by Gasteiger charge is 2.17. The smallest absolute Gasteiger partial charge is 0.252 e. The molecule has 1 aliphatic heterocycles. The SMILES string of the molecule is NC(=O)c1cnn2c3c(ccc12)NCC3. The van der Waals surface area contributed by atoms with Crippen LogP contribution in [0.5, 0.6) is 0 Å². The second-order valence-corrected chi connectivity index (χ2v) is 3.59. The van der Waals surface area contributed by atoms with Crippen molar-refractivity contribution < 1.29 is 4.79 Å². The number of hydrogen-bond acceptors (Lipinski definition) is 3. The number of pyridine rings is 1. The summed E-state index contributed by atoms with van der Waals surface area (Å²) in [4.78, 5) is 11.1. The van der Waals surface area contributed by atoms with Crippen molar-refractivity contribution in [1.29, 1.82) is 0 Å². The number of nitrogens with one attached hydrogen (secondary N) is 1. The Balaban J connectivity index is 2.35. The van der Waals surface area contributed by atoms with Crippen molar-refractivity contribution in [2.75, 3.05) is 11.9 Å². The molecule has 0 saturated carbocycles. The lowest BCUT2D eigenvalue weighted by atomic mass is 10.2. The molecule has 15 heavy (non-hydrogen) atoms. The van der Waals surface area contributed by atoms with E-state index in [9.17, 15) is 4.79 Å². The quantitative estimate of drug-likeness (QED) is 0.703. The van der Waals surface area contributed by atoms with Gasteiger partial charge in [-0.1, -0.05) is 0 Å². The third-order valence-corrected chi connectivity index (χ3v) is 2.72. The van der Waals surface area contributed by atoms with Gasteiger partial charge in [-0.3, -0.25) is 4.79 Å². The summed E-state index contributed by atoms with van der Waals surface area (Å²) in [6, 6.07) is 3.83. The summed E-state index contributed by atoms with van der Waals surface area (Å²) in [6.45, 7) is 0.917. The van der Waals surface area contributed by atoms with Crippen LogP contribution in [0.15, 0.2) is 18.3 Å². The molecule has 3 N–H and O–H groups in total. The van der Waals surface area contributed by atoms with Gasteiger partial charge < -0.3 is 11.1 Å². The van der Waals surface area contributed by atoms with Gasteiger partial charge in [-0.25, -0.2) is 4.52 Å². The van der Waals surface area contributed by atoms with Crippen molar-refractivity contribution in [1.82, 2.24) is 9.61 Å². The molecule has 0 aliphatic carbocycles. The van der Waals surface area contributed by atoms with E-state index in [1.54, 1.807) is 4.52 Å². The Morgan fingerprint density at radius 1 is 1.53 bits per heavy atom. The summed E-state index contributed by atoms with van der Waals surface area (Å²) < 4.78 is 1.79. The number of anilines is 1. The number of rotatable bonds is 1. The zero-order valence-corrected chi connectivity index (χ0v) is 8.03. The van der Waals surface area contributed by atoms with Gasteiger partial charge in [0.25, 0.3) is 5.91 Å². The average Bonchev–Trinajstić information content (AvgIpc) is 2.82. The average molecular weight is 202 g/mol. The summed E-state index contributed by atoms with van der Waals surface area (Å²) in [7, 11) is 0. The molecule has 2 aromatic heterocycles. The lowest BCUT2D eigenvalue weighted by Crippen LogP contribution is -2.10. The van der Waals surface area contributed by atoms with Crippen LogP contribution in [0.2, 0.25) is 0 Å². The van der Waals surface area contributed by atoms with Gasteiger partial charge in [0.1, 0.15) is 0 Å². The van der Waals surface area contributed by atoms with Crippen molar-refractivity contribution >= 4 is 17.1 Å². The Bertz CT molecular complexity index is 558. The van der Waals surface area contributed by atoms with E-state index in [4.69, 9.17) is 5.73 Å². The first-order chi connectivity index (χ1) is 7.27. The van der Waals surface area contributed by atoms with Crippen LogP contribution < -0.4 is 11.1 Å². The molecule has 1 amide bonds. The van der Waals surface area contributed by atoms with E-state index >= 15 is 0 Å². The third-order valence-electron chi connectivity index (χ3n) is 2.72. The van der Waals surface area contributed by atoms with Crippen LogP contribution in [0.3, 0.4) is 0 Å². The molecule has 0 atom stereocenters. The summed E-state index contributed by atoms with van der Waals surface area (Å²) >= 11 is 0. The first-order valence-electron chi connectivity index (χ1n) is 4.80. The molecule has 5 nitrogen and oxygen atoms in total. The first-order valence-corrected chi connectivity index (χ1v) is 4.80. The number of amides is 1. The molecule has 0 spiro atoms. The predicted octanol–water partition coefficient (Wildman–Crippen LogP) is 0.401. The van der Waals surface area contributed by atoms with Gasteiger partial charge in [0.05, 0.1) is 28.7 Å². The summed E-state index contributed by atoms with van der Waals surface area (Å²) in [5.41, 5.74) is 8.72. The minimum Gasteiger partial charge on any atom is -0.383 e. The summed E-state index contributed by atoms with van der Waals surface area (Å²) in [5, 5.41) is 7.44. The van der Waals surface area contributed by atoms with Gasteiger partial charge in [0.15, 0.2) is 0 Å². The fourth-order valence-electron chi connectivity index (χ4n) is 2.01. The number of nitrogens with zero attached hydrogens (tertiary/aromatic N) is 2. The maximum absolute atomic E-state index is 11.1. The highest BCUT2D eigenvalue weighted by Crippen LogP contribution is 2.24. The number of nitrogens with two attached hydrogens (primary N) is 1. The number of carbonyl (C=O) groups is 1. The van der Waals surface area contributed by atoms with Gasteiger partial charge in [0, 0.05) is 13.0 Å². The molecule has 0 aromatic carbocycles. The van der Waals surface area contributed by atoms with E-state index in [1.807, 2.05) is 12.1 Å². The van der Waals surface area contributed by atoms with Crippen LogP contribution in [-0.2, 0) is 6.42 Å². The van der Waals surface area contributed by atoms with E-state index in [0.717, 1.165) is 29.9 Å². The zero-order valence-electron chi connectivity index (χ0n) is 8.03. The van der Waals surface area contributed by atoms with Crippen molar-refractivity contribution in [3.63, 3.8) is 0 Å². The lowest BCUT2D eigenvalue weighted by molar-refractivity contribution is 0.100. The monoisotopic (exact) mass is 202 g/mol. The molecule has 0 saturated heterocycles. The highest BCUT2D eigenvalue weighted by molar-refractivity contribution is 5.99. The van der Waals surface area contributed by atoms with Gasteiger partial charge in [-0.05, 0) is 12.1 Å². The second kappa shape index (κ2) is 2.73. The molecular formula is C10H10N4O. The standard InChI is InChI=1S/C10H10N4O/c11-10(15)6-5-13-14-8(6)2-1-7-9(14)3-4-12-7/h1-2,5,12H,3-4H2,(H2,11,15). The number of hydrogen-bond donors (Lipinski definition) is 2. The van der Waals surface area contributed by atoms with Crippen LogP contribution in [0.25, 0.3) is 5.52 Å². The maximum atomic E-state index is 11.1. The Morgan fingerprint density at radius 3 is 3.20 bits per heavy atom. The third kappa shape index (κ3) is 1.03. The van der Waals surface area contributed by atoms with E-state index < -0.39 is 5.91 Å². The topological polar surface area (TPSA) is 72.4 Å². The minimum absolute atomic E-state index is 0.434. The van der Waals surface area contributed by atoms with Crippen LogP contribution in [0.1, 0.15) is 16.1 Å². The maximum Gasteiger partial charge on any atom is 0.252 e. The Labute approximate surface area is 85.9 Å². The number of aromatic nitrogens is 2. The Hall–Kier alpha value is -2.04. The molecule has 0 unspecified atom stereocenters. The van der Waals surface area contributed by atoms with Crippen molar-refractivity contribution in [2.24, 2.45) is 5.73 Å². The van der Waals surface area contributed by atoms with Crippen LogP contribution in [0.4, 0.5) is 5.69 Å². The second-order valence-electron chi connectivity index (χ2n) is 3.59. The largest absolute Gasteiger partial charge is 0.383 e. The van der Waals surface area contributed by atoms with E-state index in [-0.39, 0.29) is 0 Å². The molecule has 1 aliphatic rings. The van der Waals surface area contributed by atoms with Crippen molar-refractivity contribution in [2.45, 2.75) is 6.42 Å². The van der Waals surface area contributed by atoms with E-state index in [2.05, 4.69) is 10.4 Å². The molecule has 0 radical (unpaired) electrons. The lowest BCUT2D eigenvalue weighted by Gasteiger charge is -2.02. The number of carbonyl (C=O) groups excluding carboxylic acids is 1. The van der Waals surface area contributed by atoms with Crippen molar-refractivity contribution in [3.8, 4) is 0 Å². The van der Waals surface area contributed by atoms with E-state index in [0.29, 0.717) is 5.56 Å². The fraction of sp³-hybridized carbons (Fsp3) is 0.200. The van der Waals surface area contributed by atoms with Crippen molar-refractivity contribution in [3.05, 3.63) is 29.6 Å². The Kier molecular flexibility index (Phi) is 1.50. The van der Waals surface area contributed by atoms with Crippen LogP contribution in [0, 0.1) is 0 Å². The molecule has 3 heterocycles. The fourth-order valence-corrected chi connectivity index (χ4v) is 2.01. The zero-order chi connectivity index (χ0) is 10.4. The van der Waals surface area contributed by atoms with Gasteiger partial charge in [0.2, 0.25) is 0 Å². The molecule has 0 bridgehead atoms. The number of primary amides is 1. The predicted molar refractivity (Wildman–Crippen MR) is 55.9 cm³/mol. The van der Waals surface area contributed by atoms with Gasteiger partial charge >= 0.3 is 0 Å². The van der Waals surface area contributed by atoms with Gasteiger partial charge in [-0.15, -0.1) is 0 Å². The normalized spacial score (nSPS) is 13.9. The molecule has 76 valence electrons. The summed E-state index contributed by atoms with van der Waals surface area (Å²) in [6.07, 6.45) is 2.45. The molecule has 2 aromatic rings. The number of fused-ring (bicyclic) bond motifs is 3. The molecule has 5 heteroatoms. The molecule has 3 rings (SSSR count). The Morgan fingerprint density at radius 2 is 2.40 bits per heavy atom. The van der Waals surface area contributed by atoms with Crippen LogP contribution in [-0.4, -0.2) is 22.1 Å².